The topological polar surface area (TPSA) is 103 Å². The molecule has 0 radical (unpaired) electrons. The van der Waals surface area contributed by atoms with E-state index in [0.717, 1.165) is 34.2 Å². The summed E-state index contributed by atoms with van der Waals surface area (Å²) in [5, 5.41) is 11.0. The number of aromatic hydroxyl groups is 1. The van der Waals surface area contributed by atoms with Crippen LogP contribution < -0.4 is 10.4 Å². The zero-order valence-corrected chi connectivity index (χ0v) is 17.8. The molecule has 4 rings (SSSR count). The van der Waals surface area contributed by atoms with Gasteiger partial charge in [0.1, 0.15) is 5.75 Å². The van der Waals surface area contributed by atoms with E-state index in [-0.39, 0.29) is 12.2 Å². The Hall–Kier alpha value is -3.80. The summed E-state index contributed by atoms with van der Waals surface area (Å²) in [5.74, 6) is 0.126. The van der Waals surface area contributed by atoms with Crippen molar-refractivity contribution >= 4 is 20.7 Å². The van der Waals surface area contributed by atoms with Crippen LogP contribution >= 0.6 is 0 Å². The number of halogens is 3. The third kappa shape index (κ3) is 3.93. The van der Waals surface area contributed by atoms with Gasteiger partial charge in [0.15, 0.2) is 0 Å². The Balaban J connectivity index is 1.72. The molecule has 4 aromatic rings. The number of alkyl halides is 3. The van der Waals surface area contributed by atoms with Gasteiger partial charge in [-0.25, -0.2) is 17.8 Å². The number of hydrogen-bond donors (Lipinski definition) is 1. The normalized spacial score (nSPS) is 12.2. The van der Waals surface area contributed by atoms with Gasteiger partial charge in [-0.1, -0.05) is 0 Å². The van der Waals surface area contributed by atoms with Crippen LogP contribution in [0.15, 0.2) is 70.6 Å². The fourth-order valence-electron chi connectivity index (χ4n) is 3.37. The lowest BCUT2D eigenvalue weighted by atomic mass is 10.1. The summed E-state index contributed by atoms with van der Waals surface area (Å²) in [6, 6.07) is 10.5. The maximum Gasteiger partial charge on any atom is 0.501 e. The van der Waals surface area contributed by atoms with Gasteiger partial charge in [-0.05, 0) is 54.1 Å². The Kier molecular flexibility index (Phi) is 5.40. The van der Waals surface area contributed by atoms with Gasteiger partial charge < -0.3 is 9.84 Å². The van der Waals surface area contributed by atoms with Crippen LogP contribution in [0.4, 0.5) is 13.2 Å². The fraction of sp³-hybridized carbons (Fsp3) is 0.143. The number of ether oxygens (including phenoxy) is 1. The maximum absolute atomic E-state index is 12.9. The average molecular weight is 479 g/mol. The number of methoxy groups -OCH3 is 1. The highest BCUT2D eigenvalue weighted by Gasteiger charge is 2.46. The molecular formula is C21H16F3N3O5S. The van der Waals surface area contributed by atoms with Crippen LogP contribution in [0.25, 0.3) is 16.6 Å². The highest BCUT2D eigenvalue weighted by molar-refractivity contribution is 7.92. The first-order chi connectivity index (χ1) is 15.5. The minimum Gasteiger partial charge on any atom is -0.497 e. The highest BCUT2D eigenvalue weighted by atomic mass is 32.2. The summed E-state index contributed by atoms with van der Waals surface area (Å²) in [7, 11) is -4.01. The number of benzene rings is 2. The molecule has 0 aliphatic carbocycles. The number of fused-ring (bicyclic) bond motifs is 1. The number of sulfone groups is 1. The molecule has 0 bridgehead atoms. The summed E-state index contributed by atoms with van der Waals surface area (Å²) < 4.78 is 68.6. The molecule has 0 aliphatic heterocycles. The molecule has 0 atom stereocenters. The third-order valence-electron chi connectivity index (χ3n) is 5.03. The summed E-state index contributed by atoms with van der Waals surface area (Å²) in [6.07, 6.45) is 2.75. The second-order valence-corrected chi connectivity index (χ2v) is 8.97. The van der Waals surface area contributed by atoms with Crippen molar-refractivity contribution in [2.24, 2.45) is 0 Å². The minimum absolute atomic E-state index is 0.00127. The second-order valence-electron chi connectivity index (χ2n) is 7.03. The quantitative estimate of drug-likeness (QED) is 0.472. The Labute approximate surface area is 185 Å². The number of rotatable bonds is 5. The molecule has 0 spiro atoms. The van der Waals surface area contributed by atoms with Gasteiger partial charge in [0.05, 0.1) is 36.0 Å². The van der Waals surface area contributed by atoms with Crippen molar-refractivity contribution in [3.63, 3.8) is 0 Å². The lowest BCUT2D eigenvalue weighted by Gasteiger charge is -2.09. The van der Waals surface area contributed by atoms with E-state index in [1.165, 1.54) is 17.9 Å². The molecule has 0 fully saturated rings. The number of aromatic nitrogens is 3. The fourth-order valence-corrected chi connectivity index (χ4v) is 4.14. The largest absolute Gasteiger partial charge is 0.501 e. The summed E-state index contributed by atoms with van der Waals surface area (Å²) in [5.41, 5.74) is -4.74. The Morgan fingerprint density at radius 2 is 1.79 bits per heavy atom. The van der Waals surface area contributed by atoms with Crippen LogP contribution in [-0.2, 0) is 16.4 Å². The van der Waals surface area contributed by atoms with E-state index < -0.39 is 31.8 Å². The Morgan fingerprint density at radius 3 is 2.42 bits per heavy atom. The molecule has 0 saturated heterocycles. The molecule has 2 aromatic heterocycles. The number of pyridine rings is 1. The van der Waals surface area contributed by atoms with Gasteiger partial charge in [0, 0.05) is 11.6 Å². The van der Waals surface area contributed by atoms with E-state index in [1.54, 1.807) is 30.5 Å². The van der Waals surface area contributed by atoms with Crippen LogP contribution in [0.5, 0.6) is 11.6 Å². The number of hydrogen-bond acceptors (Lipinski definition) is 6. The SMILES string of the molecule is COc1ccc2nccc(Cn3cc(O)n(-c4ccc(S(=O)(=O)C(F)(F)F)cc4)c3=O)c2c1. The van der Waals surface area contributed by atoms with E-state index >= 15 is 0 Å². The van der Waals surface area contributed by atoms with Gasteiger partial charge in [-0.3, -0.25) is 9.55 Å². The highest BCUT2D eigenvalue weighted by Crippen LogP contribution is 2.31. The number of nitrogens with zero attached hydrogens (tertiary/aromatic N) is 3. The summed E-state index contributed by atoms with van der Waals surface area (Å²) in [4.78, 5) is 16.2. The predicted molar refractivity (Wildman–Crippen MR) is 112 cm³/mol. The smallest absolute Gasteiger partial charge is 0.497 e. The Morgan fingerprint density at radius 1 is 1.09 bits per heavy atom. The molecule has 2 heterocycles. The van der Waals surface area contributed by atoms with Crippen molar-refractivity contribution in [1.29, 1.82) is 0 Å². The van der Waals surface area contributed by atoms with E-state index in [2.05, 4.69) is 4.98 Å². The van der Waals surface area contributed by atoms with Gasteiger partial charge >= 0.3 is 11.2 Å². The molecule has 0 amide bonds. The monoisotopic (exact) mass is 479 g/mol. The van der Waals surface area contributed by atoms with Gasteiger partial charge in [0.25, 0.3) is 9.84 Å². The Bertz CT molecular complexity index is 1510. The lowest BCUT2D eigenvalue weighted by molar-refractivity contribution is -0.0436. The van der Waals surface area contributed by atoms with E-state index in [1.807, 2.05) is 0 Å². The van der Waals surface area contributed by atoms with Crippen molar-refractivity contribution < 1.29 is 31.4 Å². The first kappa shape index (κ1) is 22.4. The zero-order chi connectivity index (χ0) is 24.0. The molecule has 1 N–H and O–H groups in total. The van der Waals surface area contributed by atoms with Crippen LogP contribution in [0.1, 0.15) is 5.56 Å². The lowest BCUT2D eigenvalue weighted by Crippen LogP contribution is -2.24. The van der Waals surface area contributed by atoms with Crippen molar-refractivity contribution in [1.82, 2.24) is 14.1 Å². The van der Waals surface area contributed by atoms with Crippen LogP contribution in [0.3, 0.4) is 0 Å². The first-order valence-electron chi connectivity index (χ1n) is 9.37. The van der Waals surface area contributed by atoms with Crippen molar-refractivity contribution in [3.05, 3.63) is 77.0 Å². The standard InChI is InChI=1S/C21H16F3N3O5S/c1-32-15-4-7-18-17(10-15)13(8-9-25-18)11-26-12-19(28)27(20(26)29)14-2-5-16(6-3-14)33(30,31)21(22,23)24/h2-10,12,28H,11H2,1H3. The molecule has 172 valence electrons. The van der Waals surface area contributed by atoms with Gasteiger partial charge in [-0.15, -0.1) is 0 Å². The zero-order valence-electron chi connectivity index (χ0n) is 16.9. The van der Waals surface area contributed by atoms with Crippen LogP contribution in [0, 0.1) is 0 Å². The molecule has 0 unspecified atom stereocenters. The van der Waals surface area contributed by atoms with E-state index in [9.17, 15) is 31.5 Å². The molecule has 2 aromatic carbocycles. The molecule has 12 heteroatoms. The second kappa shape index (κ2) is 7.96. The molecule has 0 aliphatic rings. The molecule has 33 heavy (non-hydrogen) atoms. The summed E-state index contributed by atoms with van der Waals surface area (Å²) in [6.45, 7) is 0.0616. The van der Waals surface area contributed by atoms with Gasteiger partial charge in [0.2, 0.25) is 5.88 Å². The predicted octanol–water partition coefficient (Wildman–Crippen LogP) is 3.24. The van der Waals surface area contributed by atoms with Crippen molar-refractivity contribution in [3.8, 4) is 17.3 Å². The molecule has 8 nitrogen and oxygen atoms in total. The molecular weight excluding hydrogens is 463 g/mol. The van der Waals surface area contributed by atoms with Crippen LogP contribution in [-0.4, -0.2) is 40.3 Å². The average Bonchev–Trinajstić information content (AvgIpc) is 3.05. The maximum atomic E-state index is 12.9. The molecule has 0 saturated carbocycles. The van der Waals surface area contributed by atoms with Crippen molar-refractivity contribution in [2.75, 3.05) is 7.11 Å². The minimum atomic E-state index is -5.53. The van der Waals surface area contributed by atoms with Gasteiger partial charge in [-0.2, -0.15) is 13.2 Å². The summed E-state index contributed by atoms with van der Waals surface area (Å²) >= 11 is 0. The van der Waals surface area contributed by atoms with E-state index in [4.69, 9.17) is 4.74 Å². The van der Waals surface area contributed by atoms with E-state index in [0.29, 0.717) is 16.8 Å². The third-order valence-corrected chi connectivity index (χ3v) is 6.53. The van der Waals surface area contributed by atoms with Crippen molar-refractivity contribution in [2.45, 2.75) is 16.9 Å². The first-order valence-corrected chi connectivity index (χ1v) is 10.9. The number of imidazole rings is 1. The van der Waals surface area contributed by atoms with Crippen LogP contribution in [0.2, 0.25) is 0 Å².